The molecule has 0 saturated heterocycles. The first-order valence-electron chi connectivity index (χ1n) is 12.9. The quantitative estimate of drug-likeness (QED) is 0.189. The average Bonchev–Trinajstić information content (AvgIpc) is 3.30. The summed E-state index contributed by atoms with van der Waals surface area (Å²) in [5, 5.41) is 1.22. The van der Waals surface area contributed by atoms with Gasteiger partial charge in [0.25, 0.3) is 0 Å². The van der Waals surface area contributed by atoms with E-state index in [0.29, 0.717) is 19.4 Å². The van der Waals surface area contributed by atoms with Crippen LogP contribution in [0.2, 0.25) is 0 Å². The number of fused-ring (bicyclic) bond motifs is 1. The third-order valence-corrected chi connectivity index (χ3v) is 6.49. The number of hydrogen-bond acceptors (Lipinski definition) is 3. The van der Waals surface area contributed by atoms with Gasteiger partial charge >= 0.3 is 5.97 Å². The summed E-state index contributed by atoms with van der Waals surface area (Å²) in [6.07, 6.45) is 5.21. The Kier molecular flexibility index (Phi) is 7.66. The van der Waals surface area contributed by atoms with Crippen LogP contribution in [0.4, 0.5) is 0 Å². The van der Waals surface area contributed by atoms with Crippen LogP contribution in [-0.2, 0) is 28.8 Å². The van der Waals surface area contributed by atoms with Crippen molar-refractivity contribution >= 4 is 16.9 Å². The molecule has 37 heavy (non-hydrogen) atoms. The number of aromatic nitrogens is 1. The third kappa shape index (κ3) is 6.10. The van der Waals surface area contributed by atoms with Gasteiger partial charge in [-0.05, 0) is 91.4 Å². The van der Waals surface area contributed by atoms with E-state index in [-0.39, 0.29) is 5.97 Å². The van der Waals surface area contributed by atoms with Gasteiger partial charge in [-0.3, -0.25) is 4.79 Å². The molecule has 0 atom stereocenters. The number of para-hydroxylation sites is 1. The number of ether oxygens (including phenoxy) is 2. The summed E-state index contributed by atoms with van der Waals surface area (Å²) in [4.78, 5) is 11.9. The van der Waals surface area contributed by atoms with Gasteiger partial charge in [-0.25, -0.2) is 0 Å². The Balaban J connectivity index is 1.43. The van der Waals surface area contributed by atoms with E-state index in [2.05, 4.69) is 71.4 Å². The Morgan fingerprint density at radius 3 is 2.16 bits per heavy atom. The zero-order chi connectivity index (χ0) is 25.5. The molecular weight excluding hydrogens is 458 g/mol. The minimum absolute atomic E-state index is 0.151. The molecule has 0 N–H and O–H groups in total. The zero-order valence-corrected chi connectivity index (χ0v) is 21.1. The molecule has 0 unspecified atom stereocenters. The summed E-state index contributed by atoms with van der Waals surface area (Å²) < 4.78 is 13.3. The van der Waals surface area contributed by atoms with E-state index in [1.54, 1.807) is 0 Å². The van der Waals surface area contributed by atoms with Crippen LogP contribution < -0.4 is 4.74 Å². The molecule has 0 amide bonds. The number of rotatable bonds is 10. The maximum atomic E-state index is 11.9. The van der Waals surface area contributed by atoms with Crippen LogP contribution in [0.1, 0.15) is 30.0 Å². The number of carbonyl (C=O) groups is 1. The van der Waals surface area contributed by atoms with Crippen molar-refractivity contribution in [2.75, 3.05) is 6.61 Å². The van der Waals surface area contributed by atoms with E-state index >= 15 is 0 Å². The Morgan fingerprint density at radius 2 is 1.43 bits per heavy atom. The Labute approximate surface area is 218 Å². The van der Waals surface area contributed by atoms with Crippen molar-refractivity contribution in [1.82, 2.24) is 4.57 Å². The SMILES string of the molecule is CCOC(=O)CCc1ccc2c(c1)c(CCc1ccccc1)cn2-c1ccc(Oc2ccccc2)cc1. The second kappa shape index (κ2) is 11.6. The van der Waals surface area contributed by atoms with Crippen molar-refractivity contribution in [2.24, 2.45) is 0 Å². The van der Waals surface area contributed by atoms with Crippen LogP contribution >= 0.6 is 0 Å². The van der Waals surface area contributed by atoms with Gasteiger partial charge in [0.15, 0.2) is 0 Å². The average molecular weight is 490 g/mol. The summed E-state index contributed by atoms with van der Waals surface area (Å²) in [6, 6.07) is 35.1. The molecule has 5 aromatic rings. The Morgan fingerprint density at radius 1 is 0.730 bits per heavy atom. The van der Waals surface area contributed by atoms with Crippen molar-refractivity contribution in [2.45, 2.75) is 32.6 Å². The normalized spacial score (nSPS) is 10.9. The van der Waals surface area contributed by atoms with Crippen molar-refractivity contribution in [3.8, 4) is 17.2 Å². The summed E-state index contributed by atoms with van der Waals surface area (Å²) in [7, 11) is 0. The standard InChI is InChI=1S/C33H31NO3/c1-2-36-33(35)22-15-26-14-21-32-31(23-26)27(16-13-25-9-5-3-6-10-25)24-34(32)28-17-19-30(20-18-28)37-29-11-7-4-8-12-29/h3-12,14,17-21,23-24H,2,13,15-16,22H2,1H3. The molecule has 5 rings (SSSR count). The van der Waals surface area contributed by atoms with Gasteiger partial charge in [-0.1, -0.05) is 54.6 Å². The monoisotopic (exact) mass is 489 g/mol. The number of benzene rings is 4. The predicted molar refractivity (Wildman–Crippen MR) is 149 cm³/mol. The van der Waals surface area contributed by atoms with Gasteiger partial charge in [0.2, 0.25) is 0 Å². The predicted octanol–water partition coefficient (Wildman–Crippen LogP) is 7.70. The lowest BCUT2D eigenvalue weighted by Gasteiger charge is -2.09. The molecule has 1 aromatic heterocycles. The summed E-state index contributed by atoms with van der Waals surface area (Å²) in [5.41, 5.74) is 5.99. The molecule has 0 radical (unpaired) electrons. The molecule has 4 nitrogen and oxygen atoms in total. The fraction of sp³-hybridized carbons (Fsp3) is 0.182. The molecule has 186 valence electrons. The molecular formula is C33H31NO3. The fourth-order valence-electron chi connectivity index (χ4n) is 4.62. The van der Waals surface area contributed by atoms with Crippen molar-refractivity contribution < 1.29 is 14.3 Å². The summed E-state index contributed by atoms with van der Waals surface area (Å²) >= 11 is 0. The van der Waals surface area contributed by atoms with Gasteiger partial charge in [-0.2, -0.15) is 0 Å². The van der Waals surface area contributed by atoms with Crippen LogP contribution in [0.5, 0.6) is 11.5 Å². The van der Waals surface area contributed by atoms with Gasteiger partial charge in [0.1, 0.15) is 11.5 Å². The number of nitrogens with zero attached hydrogens (tertiary/aromatic N) is 1. The molecule has 0 saturated carbocycles. The Bertz CT molecular complexity index is 1450. The molecule has 0 aliphatic rings. The van der Waals surface area contributed by atoms with E-state index < -0.39 is 0 Å². The van der Waals surface area contributed by atoms with Crippen molar-refractivity contribution in [3.63, 3.8) is 0 Å². The molecule has 1 heterocycles. The summed E-state index contributed by atoms with van der Waals surface area (Å²) in [6.45, 7) is 2.26. The maximum absolute atomic E-state index is 11.9. The highest BCUT2D eigenvalue weighted by Crippen LogP contribution is 2.29. The van der Waals surface area contributed by atoms with E-state index in [1.807, 2.05) is 49.4 Å². The molecule has 4 heteroatoms. The third-order valence-electron chi connectivity index (χ3n) is 6.49. The second-order valence-corrected chi connectivity index (χ2v) is 9.08. The van der Waals surface area contributed by atoms with Gasteiger partial charge in [0, 0.05) is 23.7 Å². The second-order valence-electron chi connectivity index (χ2n) is 9.08. The Hall–Kier alpha value is -4.31. The molecule has 0 bridgehead atoms. The van der Waals surface area contributed by atoms with E-state index in [0.717, 1.165) is 41.1 Å². The van der Waals surface area contributed by atoms with Crippen molar-refractivity contribution in [1.29, 1.82) is 0 Å². The molecule has 0 aliphatic heterocycles. The zero-order valence-electron chi connectivity index (χ0n) is 21.1. The number of aryl methyl sites for hydroxylation is 3. The van der Waals surface area contributed by atoms with Gasteiger partial charge in [-0.15, -0.1) is 0 Å². The highest BCUT2D eigenvalue weighted by molar-refractivity contribution is 5.86. The lowest BCUT2D eigenvalue weighted by atomic mass is 10.0. The van der Waals surface area contributed by atoms with Crippen LogP contribution in [0.25, 0.3) is 16.6 Å². The van der Waals surface area contributed by atoms with Crippen LogP contribution in [-0.4, -0.2) is 17.1 Å². The smallest absolute Gasteiger partial charge is 0.306 e. The minimum atomic E-state index is -0.151. The minimum Gasteiger partial charge on any atom is -0.466 e. The number of esters is 1. The lowest BCUT2D eigenvalue weighted by Crippen LogP contribution is -2.05. The molecule has 0 fully saturated rings. The first-order chi connectivity index (χ1) is 18.2. The van der Waals surface area contributed by atoms with Crippen LogP contribution in [0, 0.1) is 0 Å². The van der Waals surface area contributed by atoms with Crippen molar-refractivity contribution in [3.05, 3.63) is 126 Å². The lowest BCUT2D eigenvalue weighted by molar-refractivity contribution is -0.143. The summed E-state index contributed by atoms with van der Waals surface area (Å²) in [5.74, 6) is 1.47. The van der Waals surface area contributed by atoms with E-state index in [9.17, 15) is 4.79 Å². The number of carbonyl (C=O) groups excluding carboxylic acids is 1. The topological polar surface area (TPSA) is 40.5 Å². The largest absolute Gasteiger partial charge is 0.466 e. The molecule has 0 aliphatic carbocycles. The molecule has 4 aromatic carbocycles. The van der Waals surface area contributed by atoms with Gasteiger partial charge in [0.05, 0.1) is 12.1 Å². The fourth-order valence-corrected chi connectivity index (χ4v) is 4.62. The van der Waals surface area contributed by atoms with Crippen LogP contribution in [0.15, 0.2) is 109 Å². The maximum Gasteiger partial charge on any atom is 0.306 e. The highest BCUT2D eigenvalue weighted by atomic mass is 16.5. The molecule has 0 spiro atoms. The van der Waals surface area contributed by atoms with E-state index in [1.165, 1.54) is 16.5 Å². The van der Waals surface area contributed by atoms with Crippen LogP contribution in [0.3, 0.4) is 0 Å². The highest BCUT2D eigenvalue weighted by Gasteiger charge is 2.13. The number of hydrogen-bond donors (Lipinski definition) is 0. The van der Waals surface area contributed by atoms with E-state index in [4.69, 9.17) is 9.47 Å². The van der Waals surface area contributed by atoms with Gasteiger partial charge < -0.3 is 14.0 Å². The first kappa shape index (κ1) is 24.4. The first-order valence-corrected chi connectivity index (χ1v) is 12.9.